The second-order valence-corrected chi connectivity index (χ2v) is 7.39. The first-order chi connectivity index (χ1) is 10.7. The summed E-state index contributed by atoms with van der Waals surface area (Å²) < 4.78 is 5.73. The molecule has 1 aliphatic carbocycles. The van der Waals surface area contributed by atoms with Gasteiger partial charge < -0.3 is 10.1 Å². The lowest BCUT2D eigenvalue weighted by molar-refractivity contribution is -0.127. The largest absolute Gasteiger partial charge is 0.481 e. The lowest BCUT2D eigenvalue weighted by Gasteiger charge is -2.17. The third-order valence-electron chi connectivity index (χ3n) is 3.79. The van der Waals surface area contributed by atoms with E-state index in [2.05, 4.69) is 5.32 Å². The highest BCUT2D eigenvalue weighted by Gasteiger charge is 2.19. The molecular weight excluding hydrogens is 318 g/mol. The molecule has 5 heteroatoms. The zero-order valence-corrected chi connectivity index (χ0v) is 14.6. The second kappa shape index (κ2) is 9.31. The predicted molar refractivity (Wildman–Crippen MR) is 93.9 cm³/mol. The Hall–Kier alpha value is -0.870. The van der Waals surface area contributed by atoms with Gasteiger partial charge in [-0.15, -0.1) is 0 Å². The van der Waals surface area contributed by atoms with Crippen LogP contribution in [0.3, 0.4) is 0 Å². The minimum atomic E-state index is -0.463. The molecular formula is C17H24ClNO2S. The van der Waals surface area contributed by atoms with Gasteiger partial charge in [0, 0.05) is 22.6 Å². The van der Waals surface area contributed by atoms with E-state index < -0.39 is 6.10 Å². The molecule has 3 nitrogen and oxygen atoms in total. The Kier molecular flexibility index (Phi) is 7.40. The molecule has 1 aromatic carbocycles. The van der Waals surface area contributed by atoms with Crippen LogP contribution in [-0.2, 0) is 4.79 Å². The van der Waals surface area contributed by atoms with Crippen LogP contribution in [0, 0.1) is 0 Å². The van der Waals surface area contributed by atoms with E-state index in [4.69, 9.17) is 16.3 Å². The summed E-state index contributed by atoms with van der Waals surface area (Å²) in [6.07, 6.45) is 5.54. The summed E-state index contributed by atoms with van der Waals surface area (Å²) in [6, 6.07) is 7.15. The van der Waals surface area contributed by atoms with Gasteiger partial charge in [0.05, 0.1) is 0 Å². The quantitative estimate of drug-likeness (QED) is 0.717. The molecule has 122 valence electrons. The first kappa shape index (κ1) is 17.5. The first-order valence-electron chi connectivity index (χ1n) is 8.00. The summed E-state index contributed by atoms with van der Waals surface area (Å²) in [4.78, 5) is 12.2. The van der Waals surface area contributed by atoms with Crippen molar-refractivity contribution in [1.29, 1.82) is 0 Å². The zero-order valence-electron chi connectivity index (χ0n) is 13.0. The Labute approximate surface area is 142 Å². The van der Waals surface area contributed by atoms with E-state index in [1.807, 2.05) is 30.8 Å². The van der Waals surface area contributed by atoms with Crippen LogP contribution in [-0.4, -0.2) is 29.6 Å². The van der Waals surface area contributed by atoms with E-state index in [0.29, 0.717) is 23.7 Å². The minimum Gasteiger partial charge on any atom is -0.481 e. The number of carbonyl (C=O) groups excluding carboxylic acids is 1. The van der Waals surface area contributed by atoms with Crippen LogP contribution in [0.4, 0.5) is 0 Å². The lowest BCUT2D eigenvalue weighted by atomic mass is 10.2. The molecule has 0 spiro atoms. The fourth-order valence-electron chi connectivity index (χ4n) is 2.60. The molecule has 1 N–H and O–H groups in total. The van der Waals surface area contributed by atoms with Gasteiger partial charge in [-0.2, -0.15) is 11.8 Å². The van der Waals surface area contributed by atoms with Crippen LogP contribution < -0.4 is 10.1 Å². The average molecular weight is 342 g/mol. The van der Waals surface area contributed by atoms with Crippen molar-refractivity contribution < 1.29 is 9.53 Å². The van der Waals surface area contributed by atoms with Crippen LogP contribution in [0.5, 0.6) is 5.75 Å². The third-order valence-corrected chi connectivity index (χ3v) is 5.41. The molecule has 1 aromatic rings. The molecule has 2 rings (SSSR count). The lowest BCUT2D eigenvalue weighted by Crippen LogP contribution is -2.39. The van der Waals surface area contributed by atoms with Gasteiger partial charge in [0.25, 0.3) is 5.91 Å². The van der Waals surface area contributed by atoms with Gasteiger partial charge >= 0.3 is 0 Å². The maximum absolute atomic E-state index is 12.2. The molecule has 1 aliphatic rings. The van der Waals surface area contributed by atoms with Crippen LogP contribution in [0.2, 0.25) is 5.02 Å². The van der Waals surface area contributed by atoms with Crippen LogP contribution >= 0.6 is 23.4 Å². The summed E-state index contributed by atoms with van der Waals surface area (Å²) in [6.45, 7) is 2.65. The van der Waals surface area contributed by atoms with Crippen molar-refractivity contribution in [2.45, 2.75) is 50.4 Å². The second-order valence-electron chi connectivity index (χ2n) is 5.54. The van der Waals surface area contributed by atoms with Crippen molar-refractivity contribution in [2.75, 3.05) is 12.3 Å². The number of halogens is 1. The summed E-state index contributed by atoms with van der Waals surface area (Å²) in [5, 5.41) is 4.38. The highest BCUT2D eigenvalue weighted by Crippen LogP contribution is 2.28. The molecule has 0 heterocycles. The molecule has 0 saturated heterocycles. The third kappa shape index (κ3) is 5.73. The molecule has 0 bridgehead atoms. The maximum Gasteiger partial charge on any atom is 0.261 e. The van der Waals surface area contributed by atoms with Gasteiger partial charge in [-0.25, -0.2) is 0 Å². The van der Waals surface area contributed by atoms with Crippen molar-refractivity contribution in [3.8, 4) is 5.75 Å². The van der Waals surface area contributed by atoms with E-state index in [0.717, 1.165) is 11.0 Å². The monoisotopic (exact) mass is 341 g/mol. The van der Waals surface area contributed by atoms with Crippen molar-refractivity contribution in [3.63, 3.8) is 0 Å². The molecule has 0 aromatic heterocycles. The van der Waals surface area contributed by atoms with Gasteiger partial charge in [0.2, 0.25) is 0 Å². The Morgan fingerprint density at radius 1 is 1.45 bits per heavy atom. The number of hydrogen-bond acceptors (Lipinski definition) is 3. The van der Waals surface area contributed by atoms with E-state index >= 15 is 0 Å². The molecule has 1 saturated carbocycles. The maximum atomic E-state index is 12.2. The average Bonchev–Trinajstić information content (AvgIpc) is 3.02. The fourth-order valence-corrected chi connectivity index (χ4v) is 4.00. The molecule has 1 atom stereocenters. The normalized spacial score (nSPS) is 16.5. The number of rotatable bonds is 8. The van der Waals surface area contributed by atoms with Crippen LogP contribution in [0.1, 0.15) is 39.0 Å². The Morgan fingerprint density at radius 3 is 2.91 bits per heavy atom. The van der Waals surface area contributed by atoms with Gasteiger partial charge in [0.15, 0.2) is 6.10 Å². The number of hydrogen-bond donors (Lipinski definition) is 1. The smallest absolute Gasteiger partial charge is 0.261 e. The Balaban J connectivity index is 1.71. The van der Waals surface area contributed by atoms with Crippen molar-refractivity contribution in [3.05, 3.63) is 29.3 Å². The highest BCUT2D eigenvalue weighted by molar-refractivity contribution is 7.99. The molecule has 1 unspecified atom stereocenters. The number of thioether (sulfide) groups is 1. The number of amides is 1. The predicted octanol–water partition coefficient (Wildman–Crippen LogP) is 4.29. The van der Waals surface area contributed by atoms with Crippen molar-refractivity contribution >= 4 is 29.3 Å². The van der Waals surface area contributed by atoms with Crippen molar-refractivity contribution in [1.82, 2.24) is 5.32 Å². The summed E-state index contributed by atoms with van der Waals surface area (Å²) in [7, 11) is 0. The molecule has 1 amide bonds. The van der Waals surface area contributed by atoms with Crippen LogP contribution in [0.15, 0.2) is 24.3 Å². The van der Waals surface area contributed by atoms with E-state index in [-0.39, 0.29) is 5.91 Å². The summed E-state index contributed by atoms with van der Waals surface area (Å²) >= 11 is 7.91. The van der Waals surface area contributed by atoms with E-state index in [1.165, 1.54) is 25.7 Å². The number of ether oxygens (including phenoxy) is 1. The van der Waals surface area contributed by atoms with Crippen LogP contribution in [0.25, 0.3) is 0 Å². The molecule has 0 radical (unpaired) electrons. The van der Waals surface area contributed by atoms with Crippen molar-refractivity contribution in [2.24, 2.45) is 0 Å². The molecule has 22 heavy (non-hydrogen) atoms. The molecule has 1 fully saturated rings. The van der Waals surface area contributed by atoms with Gasteiger partial charge in [0.1, 0.15) is 5.75 Å². The topological polar surface area (TPSA) is 38.3 Å². The Bertz CT molecular complexity index is 477. The Morgan fingerprint density at radius 2 is 2.23 bits per heavy atom. The fraction of sp³-hybridized carbons (Fsp3) is 0.588. The number of carbonyl (C=O) groups is 1. The summed E-state index contributed by atoms with van der Waals surface area (Å²) in [5.74, 6) is 1.56. The minimum absolute atomic E-state index is 0.0468. The van der Waals surface area contributed by atoms with E-state index in [9.17, 15) is 4.79 Å². The number of benzene rings is 1. The van der Waals surface area contributed by atoms with E-state index in [1.54, 1.807) is 12.1 Å². The van der Waals surface area contributed by atoms with Gasteiger partial charge in [-0.1, -0.05) is 37.4 Å². The standard InChI is InChI=1S/C17H24ClNO2S/c1-2-16(21-14-7-5-6-13(18)12-14)17(20)19-10-11-22-15-8-3-4-9-15/h5-7,12,15-16H,2-4,8-11H2,1H3,(H,19,20). The van der Waals surface area contributed by atoms with Gasteiger partial charge in [-0.3, -0.25) is 4.79 Å². The first-order valence-corrected chi connectivity index (χ1v) is 9.43. The SMILES string of the molecule is CCC(Oc1cccc(Cl)c1)C(=O)NCCSC1CCCC1. The summed E-state index contributed by atoms with van der Waals surface area (Å²) in [5.41, 5.74) is 0. The van der Waals surface area contributed by atoms with Gasteiger partial charge in [-0.05, 0) is 37.5 Å². The highest BCUT2D eigenvalue weighted by atomic mass is 35.5. The zero-order chi connectivity index (χ0) is 15.8. The number of nitrogens with one attached hydrogen (secondary N) is 1. The molecule has 0 aliphatic heterocycles.